The number of nitrogens with one attached hydrogen (secondary N) is 2. The highest BCUT2D eigenvalue weighted by Gasteiger charge is 2.40. The highest BCUT2D eigenvalue weighted by molar-refractivity contribution is 7.89. The Morgan fingerprint density at radius 2 is 2.18 bits per heavy atom. The number of nitriles is 1. The van der Waals surface area contributed by atoms with Crippen molar-refractivity contribution >= 4 is 26.7 Å². The van der Waals surface area contributed by atoms with E-state index in [0.29, 0.717) is 28.7 Å². The van der Waals surface area contributed by atoms with Crippen LogP contribution in [-0.2, 0) is 10.0 Å². The van der Waals surface area contributed by atoms with Crippen LogP contribution in [0.5, 0.6) is 0 Å². The first-order chi connectivity index (χ1) is 13.1. The Hall–Kier alpha value is -2.32. The van der Waals surface area contributed by atoms with Gasteiger partial charge < -0.3 is 10.3 Å². The van der Waals surface area contributed by atoms with E-state index in [4.69, 9.17) is 0 Å². The zero-order valence-corrected chi connectivity index (χ0v) is 15.9. The molecular weight excluding hydrogens is 395 g/mol. The molecule has 7 nitrogen and oxygen atoms in total. The van der Waals surface area contributed by atoms with Gasteiger partial charge in [-0.3, -0.25) is 0 Å². The molecule has 0 radical (unpaired) electrons. The van der Waals surface area contributed by atoms with Crippen LogP contribution in [0.25, 0.3) is 11.0 Å². The van der Waals surface area contributed by atoms with Crippen molar-refractivity contribution in [3.63, 3.8) is 0 Å². The molecule has 1 aliphatic rings. The number of fused-ring (bicyclic) bond motifs is 1. The third-order valence-electron chi connectivity index (χ3n) is 5.01. The summed E-state index contributed by atoms with van der Waals surface area (Å²) in [5, 5.41) is 13.3. The van der Waals surface area contributed by atoms with Crippen molar-refractivity contribution in [3.05, 3.63) is 24.0 Å². The molecule has 0 unspecified atom stereocenters. The summed E-state index contributed by atoms with van der Waals surface area (Å²) in [5.74, 6) is -1.05. The lowest BCUT2D eigenvalue weighted by molar-refractivity contribution is -0.130. The number of nitrogens with zero attached hydrogens (tertiary/aromatic N) is 3. The van der Waals surface area contributed by atoms with Crippen LogP contribution in [0.15, 0.2) is 18.5 Å². The number of hydrogen-bond acceptors (Lipinski definition) is 5. The van der Waals surface area contributed by atoms with Gasteiger partial charge in [-0.15, -0.1) is 0 Å². The van der Waals surface area contributed by atoms with E-state index in [1.165, 1.54) is 6.20 Å². The molecule has 1 saturated heterocycles. The van der Waals surface area contributed by atoms with Crippen molar-refractivity contribution in [3.8, 4) is 6.07 Å². The first-order valence-corrected chi connectivity index (χ1v) is 10.4. The van der Waals surface area contributed by atoms with Crippen LogP contribution in [0.3, 0.4) is 0 Å². The molecule has 1 aliphatic heterocycles. The maximum Gasteiger partial charge on any atom is 0.390 e. The van der Waals surface area contributed by atoms with Crippen molar-refractivity contribution < 1.29 is 21.6 Å². The molecule has 28 heavy (non-hydrogen) atoms. The van der Waals surface area contributed by atoms with Crippen LogP contribution in [0.2, 0.25) is 0 Å². The lowest BCUT2D eigenvalue weighted by Crippen LogP contribution is -2.34. The monoisotopic (exact) mass is 415 g/mol. The van der Waals surface area contributed by atoms with Gasteiger partial charge in [-0.25, -0.2) is 13.4 Å². The summed E-state index contributed by atoms with van der Waals surface area (Å²) in [6.45, 7) is 2.10. The molecule has 2 aromatic rings. The summed E-state index contributed by atoms with van der Waals surface area (Å²) in [7, 11) is -4.02. The van der Waals surface area contributed by atoms with Crippen molar-refractivity contribution in [2.75, 3.05) is 24.2 Å². The highest BCUT2D eigenvalue weighted by atomic mass is 32.2. The van der Waals surface area contributed by atoms with Crippen LogP contribution in [0.1, 0.15) is 25.3 Å². The van der Waals surface area contributed by atoms with Gasteiger partial charge in [0.15, 0.2) is 0 Å². The fourth-order valence-corrected chi connectivity index (χ4v) is 5.00. The molecule has 152 valence electrons. The fourth-order valence-electron chi connectivity index (χ4n) is 3.44. The van der Waals surface area contributed by atoms with Gasteiger partial charge in [-0.05, 0) is 12.0 Å². The summed E-state index contributed by atoms with van der Waals surface area (Å²) in [6.07, 6.45) is -2.13. The third-order valence-corrected chi connectivity index (χ3v) is 6.81. The van der Waals surface area contributed by atoms with Crippen molar-refractivity contribution in [2.24, 2.45) is 5.92 Å². The summed E-state index contributed by atoms with van der Waals surface area (Å²) >= 11 is 0. The Labute approximate surface area is 160 Å². The fraction of sp³-hybridized carbons (Fsp3) is 0.529. The molecule has 0 aliphatic carbocycles. The SMILES string of the molecule is CC[C@H]1CN(S(=O)(=O)CCC(F)(F)F)C[C@H]1Nc1c(C#N)cnc2[nH]ccc12. The zero-order valence-electron chi connectivity index (χ0n) is 15.1. The van der Waals surface area contributed by atoms with Gasteiger partial charge >= 0.3 is 6.18 Å². The van der Waals surface area contributed by atoms with Gasteiger partial charge in [0.05, 0.1) is 23.4 Å². The number of alkyl halides is 3. The molecule has 0 bridgehead atoms. The molecule has 3 heterocycles. The number of aromatic amines is 1. The molecule has 0 saturated carbocycles. The predicted molar refractivity (Wildman–Crippen MR) is 98.0 cm³/mol. The number of rotatable bonds is 6. The summed E-state index contributed by atoms with van der Waals surface area (Å²) in [4.78, 5) is 7.11. The average Bonchev–Trinajstić information content (AvgIpc) is 3.26. The van der Waals surface area contributed by atoms with Gasteiger partial charge in [-0.1, -0.05) is 13.3 Å². The molecule has 0 aromatic carbocycles. The third kappa shape index (κ3) is 4.23. The molecule has 1 fully saturated rings. The zero-order chi connectivity index (χ0) is 20.5. The smallest absolute Gasteiger partial charge is 0.379 e. The van der Waals surface area contributed by atoms with Crippen LogP contribution in [-0.4, -0.2) is 53.8 Å². The lowest BCUT2D eigenvalue weighted by Gasteiger charge is -2.21. The highest BCUT2D eigenvalue weighted by Crippen LogP contribution is 2.31. The quantitative estimate of drug-likeness (QED) is 0.755. The topological polar surface area (TPSA) is 102 Å². The molecule has 0 amide bonds. The minimum atomic E-state index is -4.52. The first-order valence-electron chi connectivity index (χ1n) is 8.82. The average molecular weight is 415 g/mol. The number of anilines is 1. The van der Waals surface area contributed by atoms with E-state index < -0.39 is 28.4 Å². The second-order valence-electron chi connectivity index (χ2n) is 6.82. The number of hydrogen-bond donors (Lipinski definition) is 2. The first kappa shape index (κ1) is 20.4. The van der Waals surface area contributed by atoms with Gasteiger partial charge in [0.25, 0.3) is 0 Å². The number of halogens is 3. The molecular formula is C17H20F3N5O2S. The van der Waals surface area contributed by atoms with Crippen molar-refractivity contribution in [2.45, 2.75) is 32.0 Å². The molecule has 2 aromatic heterocycles. The van der Waals surface area contributed by atoms with Gasteiger partial charge in [0.2, 0.25) is 10.0 Å². The van der Waals surface area contributed by atoms with E-state index in [0.717, 1.165) is 4.31 Å². The van der Waals surface area contributed by atoms with Crippen molar-refractivity contribution in [1.29, 1.82) is 5.26 Å². The van der Waals surface area contributed by atoms with Crippen LogP contribution in [0.4, 0.5) is 18.9 Å². The van der Waals surface area contributed by atoms with Gasteiger partial charge in [0, 0.05) is 36.9 Å². The second-order valence-corrected chi connectivity index (χ2v) is 8.90. The Balaban J connectivity index is 1.82. The Morgan fingerprint density at radius 3 is 2.82 bits per heavy atom. The molecule has 3 rings (SSSR count). The van der Waals surface area contributed by atoms with Gasteiger partial charge in [-0.2, -0.15) is 22.7 Å². The second kappa shape index (κ2) is 7.60. The normalized spacial score (nSPS) is 21.1. The molecule has 0 spiro atoms. The minimum Gasteiger partial charge on any atom is -0.379 e. The van der Waals surface area contributed by atoms with E-state index in [2.05, 4.69) is 21.4 Å². The summed E-state index contributed by atoms with van der Waals surface area (Å²) in [5.41, 5.74) is 1.45. The van der Waals surface area contributed by atoms with Crippen molar-refractivity contribution in [1.82, 2.24) is 14.3 Å². The lowest BCUT2D eigenvalue weighted by atomic mass is 10.00. The Kier molecular flexibility index (Phi) is 5.54. The number of H-pyrrole nitrogens is 1. The molecule has 2 N–H and O–H groups in total. The molecule has 2 atom stereocenters. The van der Waals surface area contributed by atoms with E-state index in [9.17, 15) is 26.9 Å². The standard InChI is InChI=1S/C17H20F3N5O2S/c1-2-11-9-25(28(26,27)6-4-17(18,19)20)10-14(11)24-15-12(7-21)8-23-16-13(15)3-5-22-16/h3,5,8,11,14H,2,4,6,9-10H2,1H3,(H2,22,23,24)/t11-,14+/m0/s1. The summed E-state index contributed by atoms with van der Waals surface area (Å²) < 4.78 is 63.2. The van der Waals surface area contributed by atoms with E-state index in [1.807, 2.05) is 6.92 Å². The van der Waals surface area contributed by atoms with E-state index in [-0.39, 0.29) is 25.0 Å². The number of sulfonamides is 1. The van der Waals surface area contributed by atoms with Gasteiger partial charge in [0.1, 0.15) is 11.7 Å². The van der Waals surface area contributed by atoms with Crippen LogP contribution in [0, 0.1) is 17.2 Å². The Morgan fingerprint density at radius 1 is 1.43 bits per heavy atom. The largest absolute Gasteiger partial charge is 0.390 e. The maximum atomic E-state index is 12.4. The maximum absolute atomic E-state index is 12.4. The summed E-state index contributed by atoms with van der Waals surface area (Å²) in [6, 6.07) is 3.51. The molecule has 11 heteroatoms. The van der Waals surface area contributed by atoms with E-state index in [1.54, 1.807) is 12.3 Å². The van der Waals surface area contributed by atoms with Crippen LogP contribution >= 0.6 is 0 Å². The number of aromatic nitrogens is 2. The number of pyridine rings is 1. The predicted octanol–water partition coefficient (Wildman–Crippen LogP) is 2.84. The Bertz CT molecular complexity index is 996. The van der Waals surface area contributed by atoms with E-state index >= 15 is 0 Å². The minimum absolute atomic E-state index is 0.0534. The van der Waals surface area contributed by atoms with Crippen LogP contribution < -0.4 is 5.32 Å².